The number of ether oxygens (including phenoxy) is 1. The van der Waals surface area contributed by atoms with Gasteiger partial charge in [-0.1, -0.05) is 42.5 Å². The summed E-state index contributed by atoms with van der Waals surface area (Å²) in [7, 11) is 1.62. The molecule has 0 spiro atoms. The minimum atomic E-state index is -0.237. The van der Waals surface area contributed by atoms with Gasteiger partial charge in [0, 0.05) is 25.5 Å². The summed E-state index contributed by atoms with van der Waals surface area (Å²) in [5.41, 5.74) is 3.40. The van der Waals surface area contributed by atoms with Gasteiger partial charge in [0.1, 0.15) is 5.75 Å². The van der Waals surface area contributed by atoms with Crippen molar-refractivity contribution < 1.29 is 14.3 Å². The molecule has 1 aromatic heterocycles. The van der Waals surface area contributed by atoms with Gasteiger partial charge in [-0.25, -0.2) is 5.01 Å². The van der Waals surface area contributed by atoms with Crippen molar-refractivity contribution in [3.63, 3.8) is 0 Å². The first kappa shape index (κ1) is 21.2. The lowest BCUT2D eigenvalue weighted by atomic mass is 9.98. The summed E-state index contributed by atoms with van der Waals surface area (Å²) in [5, 5.41) is 8.92. The predicted octanol–water partition coefficient (Wildman–Crippen LogP) is 4.19. The van der Waals surface area contributed by atoms with Gasteiger partial charge in [0.2, 0.25) is 11.8 Å². The third-order valence-electron chi connectivity index (χ3n) is 5.28. The van der Waals surface area contributed by atoms with Gasteiger partial charge in [0.15, 0.2) is 0 Å². The molecule has 0 saturated heterocycles. The van der Waals surface area contributed by atoms with Gasteiger partial charge in [-0.05, 0) is 35.4 Å². The van der Waals surface area contributed by atoms with Gasteiger partial charge < -0.3 is 10.1 Å². The highest BCUT2D eigenvalue weighted by atomic mass is 16.5. The van der Waals surface area contributed by atoms with Crippen molar-refractivity contribution in [1.29, 1.82) is 0 Å². The van der Waals surface area contributed by atoms with Crippen LogP contribution < -0.4 is 10.1 Å². The number of methoxy groups -OCH3 is 1. The number of benzene rings is 2. The first-order valence-corrected chi connectivity index (χ1v) is 10.4. The molecule has 162 valence electrons. The molecule has 1 N–H and O–H groups in total. The molecule has 1 aliphatic rings. The van der Waals surface area contributed by atoms with Crippen molar-refractivity contribution in [1.82, 2.24) is 9.99 Å². The van der Waals surface area contributed by atoms with E-state index in [1.165, 1.54) is 5.01 Å². The summed E-state index contributed by atoms with van der Waals surface area (Å²) in [6.45, 7) is 0. The average molecular weight is 428 g/mol. The number of hydrazone groups is 1. The molecule has 2 heterocycles. The second-order valence-electron chi connectivity index (χ2n) is 7.43. The number of carbonyl (C=O) groups is 2. The van der Waals surface area contributed by atoms with Crippen LogP contribution in [-0.2, 0) is 9.59 Å². The van der Waals surface area contributed by atoms with Crippen LogP contribution in [-0.4, -0.2) is 34.6 Å². The van der Waals surface area contributed by atoms with E-state index < -0.39 is 0 Å². The molecule has 2 aromatic carbocycles. The second kappa shape index (κ2) is 9.87. The zero-order valence-electron chi connectivity index (χ0n) is 17.8. The molecule has 0 unspecified atom stereocenters. The van der Waals surface area contributed by atoms with Crippen LogP contribution in [0.4, 0.5) is 5.69 Å². The maximum atomic E-state index is 13.1. The van der Waals surface area contributed by atoms with Gasteiger partial charge in [0.25, 0.3) is 0 Å². The Morgan fingerprint density at radius 1 is 1.03 bits per heavy atom. The molecule has 1 atom stereocenters. The molecule has 7 nitrogen and oxygen atoms in total. The maximum Gasteiger partial charge on any atom is 0.243 e. The zero-order chi connectivity index (χ0) is 22.3. The molecule has 1 aliphatic heterocycles. The van der Waals surface area contributed by atoms with Crippen LogP contribution in [0.5, 0.6) is 5.75 Å². The quantitative estimate of drug-likeness (QED) is 0.612. The Bertz CT molecular complexity index is 1100. The minimum Gasteiger partial charge on any atom is -0.497 e. The molecule has 4 rings (SSSR count). The van der Waals surface area contributed by atoms with Crippen LogP contribution in [0, 0.1) is 0 Å². The summed E-state index contributed by atoms with van der Waals surface area (Å²) in [6.07, 6.45) is 3.93. The number of anilines is 1. The van der Waals surface area contributed by atoms with E-state index in [9.17, 15) is 9.59 Å². The molecule has 0 bridgehead atoms. The fourth-order valence-corrected chi connectivity index (χ4v) is 3.63. The number of nitrogens with zero attached hydrogens (tertiary/aromatic N) is 3. The highest BCUT2D eigenvalue weighted by Crippen LogP contribution is 2.34. The molecule has 7 heteroatoms. The molecular formula is C25H24N4O3. The van der Waals surface area contributed by atoms with Crippen molar-refractivity contribution in [2.24, 2.45) is 5.10 Å². The lowest BCUT2D eigenvalue weighted by Crippen LogP contribution is -2.28. The van der Waals surface area contributed by atoms with E-state index in [1.54, 1.807) is 31.6 Å². The fourth-order valence-electron chi connectivity index (χ4n) is 3.63. The Hall–Kier alpha value is -4.00. The predicted molar refractivity (Wildman–Crippen MR) is 122 cm³/mol. The Labute approximate surface area is 186 Å². The van der Waals surface area contributed by atoms with Crippen molar-refractivity contribution >= 4 is 23.2 Å². The topological polar surface area (TPSA) is 83.9 Å². The zero-order valence-corrected chi connectivity index (χ0v) is 17.8. The normalized spacial score (nSPS) is 15.2. The number of nitrogens with one attached hydrogen (secondary N) is 1. The van der Waals surface area contributed by atoms with Crippen LogP contribution >= 0.6 is 0 Å². The number of hydrogen-bond donors (Lipinski definition) is 1. The number of amides is 2. The number of carbonyl (C=O) groups excluding carboxylic acids is 2. The standard InChI is InChI=1S/C25H24N4O3/c1-32-21-11-9-19(10-12-21)23-16-22(18-6-3-2-4-7-18)28-29(23)25(31)14-13-24(30)27-20-8-5-15-26-17-20/h2-12,15,17,23H,13-14,16H2,1H3,(H,27,30)/t23-/m0/s1. The van der Waals surface area contributed by atoms with Crippen LogP contribution in [0.25, 0.3) is 0 Å². The van der Waals surface area contributed by atoms with Gasteiger partial charge in [-0.15, -0.1) is 0 Å². The lowest BCUT2D eigenvalue weighted by Gasteiger charge is -2.22. The number of aromatic nitrogens is 1. The van der Waals surface area contributed by atoms with Crippen molar-refractivity contribution in [2.75, 3.05) is 12.4 Å². The van der Waals surface area contributed by atoms with E-state index in [0.717, 1.165) is 22.6 Å². The minimum absolute atomic E-state index is 0.0598. The number of pyridine rings is 1. The van der Waals surface area contributed by atoms with Crippen LogP contribution in [0.1, 0.15) is 36.4 Å². The summed E-state index contributed by atoms with van der Waals surface area (Å²) in [4.78, 5) is 29.3. The van der Waals surface area contributed by atoms with E-state index >= 15 is 0 Å². The Balaban J connectivity index is 1.49. The van der Waals surface area contributed by atoms with Gasteiger partial charge in [0.05, 0.1) is 30.7 Å². The van der Waals surface area contributed by atoms with Crippen LogP contribution in [0.2, 0.25) is 0 Å². The molecule has 32 heavy (non-hydrogen) atoms. The largest absolute Gasteiger partial charge is 0.497 e. The van der Waals surface area contributed by atoms with E-state index in [1.807, 2.05) is 54.6 Å². The first-order chi connectivity index (χ1) is 15.6. The maximum absolute atomic E-state index is 13.1. The van der Waals surface area contributed by atoms with Crippen molar-refractivity contribution in [2.45, 2.75) is 25.3 Å². The molecular weight excluding hydrogens is 404 g/mol. The highest BCUT2D eigenvalue weighted by Gasteiger charge is 2.33. The molecule has 0 fully saturated rings. The van der Waals surface area contributed by atoms with E-state index in [2.05, 4.69) is 15.4 Å². The van der Waals surface area contributed by atoms with Gasteiger partial charge in [-0.2, -0.15) is 5.10 Å². The molecule has 0 saturated carbocycles. The summed E-state index contributed by atoms with van der Waals surface area (Å²) in [5.74, 6) is 0.317. The van der Waals surface area contributed by atoms with E-state index in [0.29, 0.717) is 12.1 Å². The first-order valence-electron chi connectivity index (χ1n) is 10.4. The Morgan fingerprint density at radius 2 is 1.81 bits per heavy atom. The van der Waals surface area contributed by atoms with E-state index in [-0.39, 0.29) is 30.7 Å². The summed E-state index contributed by atoms with van der Waals surface area (Å²) >= 11 is 0. The summed E-state index contributed by atoms with van der Waals surface area (Å²) < 4.78 is 5.25. The van der Waals surface area contributed by atoms with E-state index in [4.69, 9.17) is 4.74 Å². The highest BCUT2D eigenvalue weighted by molar-refractivity contribution is 6.03. The molecule has 3 aromatic rings. The second-order valence-corrected chi connectivity index (χ2v) is 7.43. The molecule has 0 aliphatic carbocycles. The third kappa shape index (κ3) is 5.00. The van der Waals surface area contributed by atoms with Crippen molar-refractivity contribution in [3.05, 3.63) is 90.3 Å². The smallest absolute Gasteiger partial charge is 0.243 e. The van der Waals surface area contributed by atoms with Crippen LogP contribution in [0.15, 0.2) is 84.2 Å². The van der Waals surface area contributed by atoms with Crippen molar-refractivity contribution in [3.8, 4) is 5.75 Å². The Morgan fingerprint density at radius 3 is 2.50 bits per heavy atom. The number of rotatable bonds is 7. The molecule has 2 amide bonds. The van der Waals surface area contributed by atoms with Gasteiger partial charge in [-0.3, -0.25) is 14.6 Å². The summed E-state index contributed by atoms with van der Waals surface area (Å²) in [6, 6.07) is 20.7. The Kier molecular flexibility index (Phi) is 6.55. The molecule has 0 radical (unpaired) electrons. The fraction of sp³-hybridized carbons (Fsp3) is 0.200. The number of hydrogen-bond acceptors (Lipinski definition) is 5. The lowest BCUT2D eigenvalue weighted by molar-refractivity contribution is -0.134. The SMILES string of the molecule is COc1ccc([C@@H]2CC(c3ccccc3)=NN2C(=O)CCC(=O)Nc2cccnc2)cc1. The van der Waals surface area contributed by atoms with Crippen LogP contribution in [0.3, 0.4) is 0 Å². The average Bonchev–Trinajstić information content (AvgIpc) is 3.29. The monoisotopic (exact) mass is 428 g/mol. The third-order valence-corrected chi connectivity index (χ3v) is 5.28. The van der Waals surface area contributed by atoms with Gasteiger partial charge >= 0.3 is 0 Å².